The van der Waals surface area contributed by atoms with Gasteiger partial charge in [0.15, 0.2) is 0 Å². The van der Waals surface area contributed by atoms with Crippen molar-refractivity contribution in [3.63, 3.8) is 0 Å². The molecule has 0 unspecified atom stereocenters. The van der Waals surface area contributed by atoms with Crippen molar-refractivity contribution in [2.75, 3.05) is 13.2 Å². The molecule has 2 rings (SSSR count). The van der Waals surface area contributed by atoms with Crippen molar-refractivity contribution in [2.45, 2.75) is 46.0 Å². The molecule has 0 saturated heterocycles. The normalized spacial score (nSPS) is 10.4. The van der Waals surface area contributed by atoms with Crippen LogP contribution < -0.4 is 0 Å². The highest BCUT2D eigenvalue weighted by molar-refractivity contribution is 5.72. The summed E-state index contributed by atoms with van der Waals surface area (Å²) >= 11 is 0. The van der Waals surface area contributed by atoms with Gasteiger partial charge in [-0.1, -0.05) is 48.5 Å². The van der Waals surface area contributed by atoms with Gasteiger partial charge >= 0.3 is 11.9 Å². The van der Waals surface area contributed by atoms with Gasteiger partial charge in [-0.3, -0.25) is 9.59 Å². The molecule has 144 valence electrons. The van der Waals surface area contributed by atoms with Crippen LogP contribution in [0.25, 0.3) is 0 Å². The first-order valence-corrected chi connectivity index (χ1v) is 9.57. The van der Waals surface area contributed by atoms with Gasteiger partial charge in [-0.05, 0) is 55.4 Å². The molecule has 0 N–H and O–H groups in total. The van der Waals surface area contributed by atoms with Gasteiger partial charge in [-0.2, -0.15) is 0 Å². The van der Waals surface area contributed by atoms with Gasteiger partial charge in [0.2, 0.25) is 0 Å². The lowest BCUT2D eigenvalue weighted by molar-refractivity contribution is -0.143. The number of carbonyl (C=O) groups is 2. The van der Waals surface area contributed by atoms with E-state index < -0.39 is 0 Å². The summed E-state index contributed by atoms with van der Waals surface area (Å²) in [7, 11) is 0. The van der Waals surface area contributed by atoms with Crippen LogP contribution in [0.5, 0.6) is 0 Å². The highest BCUT2D eigenvalue weighted by Gasteiger charge is 2.05. The summed E-state index contributed by atoms with van der Waals surface area (Å²) in [4.78, 5) is 23.0. The molecule has 0 atom stereocenters. The fraction of sp³-hybridized carbons (Fsp3) is 0.391. The molecule has 0 aliphatic rings. The summed E-state index contributed by atoms with van der Waals surface area (Å²) in [5.74, 6) is -0.367. The fourth-order valence-corrected chi connectivity index (χ4v) is 2.90. The van der Waals surface area contributed by atoms with Crippen LogP contribution in [0.4, 0.5) is 0 Å². The van der Waals surface area contributed by atoms with E-state index >= 15 is 0 Å². The Balaban J connectivity index is 1.75. The first-order chi connectivity index (χ1) is 13.1. The molecule has 27 heavy (non-hydrogen) atoms. The quantitative estimate of drug-likeness (QED) is 0.593. The highest BCUT2D eigenvalue weighted by atomic mass is 16.5. The van der Waals surface area contributed by atoms with E-state index in [9.17, 15) is 9.59 Å². The summed E-state index contributed by atoms with van der Waals surface area (Å²) in [6, 6.07) is 16.3. The summed E-state index contributed by atoms with van der Waals surface area (Å²) in [6.45, 7) is 4.46. The van der Waals surface area contributed by atoms with E-state index in [0.717, 1.165) is 30.4 Å². The number of rotatable bonds is 10. The minimum absolute atomic E-state index is 0.184. The van der Waals surface area contributed by atoms with Crippen molar-refractivity contribution < 1.29 is 19.1 Å². The molecule has 0 aromatic heterocycles. The third kappa shape index (κ3) is 7.65. The van der Waals surface area contributed by atoms with Gasteiger partial charge in [0.25, 0.3) is 0 Å². The molecule has 0 aliphatic heterocycles. The third-order valence-corrected chi connectivity index (χ3v) is 4.28. The van der Waals surface area contributed by atoms with Gasteiger partial charge in [0.05, 0.1) is 26.1 Å². The van der Waals surface area contributed by atoms with E-state index in [4.69, 9.17) is 9.47 Å². The molecule has 0 amide bonds. The summed E-state index contributed by atoms with van der Waals surface area (Å²) in [6.07, 6.45) is 3.68. The van der Waals surface area contributed by atoms with Gasteiger partial charge in [-0.15, -0.1) is 0 Å². The fourth-order valence-electron chi connectivity index (χ4n) is 2.90. The summed E-state index contributed by atoms with van der Waals surface area (Å²) < 4.78 is 9.93. The predicted molar refractivity (Wildman–Crippen MR) is 106 cm³/mol. The van der Waals surface area contributed by atoms with E-state index in [1.165, 1.54) is 11.1 Å². The maximum absolute atomic E-state index is 11.5. The third-order valence-electron chi connectivity index (χ3n) is 4.28. The zero-order valence-electron chi connectivity index (χ0n) is 16.2. The minimum atomic E-state index is -0.184. The maximum Gasteiger partial charge on any atom is 0.310 e. The van der Waals surface area contributed by atoms with Gasteiger partial charge < -0.3 is 9.47 Å². The SMILES string of the molecule is CCOC(=O)Cc1ccc(CCCc2ccc(CC(=O)OCC)cc2)cc1. The standard InChI is InChI=1S/C23H28O4/c1-3-26-22(24)16-20-12-8-18(9-13-20)6-5-7-19-10-14-21(15-11-19)17-23(25)27-4-2/h8-15H,3-7,16-17H2,1-2H3. The Bertz CT molecular complexity index is 654. The lowest BCUT2D eigenvalue weighted by Crippen LogP contribution is -2.07. The predicted octanol–water partition coefficient (Wildman–Crippen LogP) is 4.07. The van der Waals surface area contributed by atoms with Crippen LogP contribution in [-0.4, -0.2) is 25.2 Å². The van der Waals surface area contributed by atoms with E-state index in [0.29, 0.717) is 26.1 Å². The Kier molecular flexibility index (Phi) is 8.56. The Morgan fingerprint density at radius 1 is 0.630 bits per heavy atom. The zero-order valence-corrected chi connectivity index (χ0v) is 16.2. The molecule has 0 heterocycles. The zero-order chi connectivity index (χ0) is 19.5. The van der Waals surface area contributed by atoms with Crippen LogP contribution in [0.1, 0.15) is 42.5 Å². The van der Waals surface area contributed by atoms with Gasteiger partial charge in [0, 0.05) is 0 Å². The number of esters is 2. The van der Waals surface area contributed by atoms with Crippen molar-refractivity contribution in [1.82, 2.24) is 0 Å². The van der Waals surface area contributed by atoms with Crippen LogP contribution in [-0.2, 0) is 44.7 Å². The van der Waals surface area contributed by atoms with Crippen LogP contribution >= 0.6 is 0 Å². The molecule has 0 aliphatic carbocycles. The lowest BCUT2D eigenvalue weighted by Gasteiger charge is -2.06. The average Bonchev–Trinajstić information content (AvgIpc) is 2.65. The average molecular weight is 368 g/mol. The molecular weight excluding hydrogens is 340 g/mol. The first kappa shape index (κ1) is 20.7. The number of benzene rings is 2. The second kappa shape index (κ2) is 11.2. The molecule has 4 heteroatoms. The number of aryl methyl sites for hydroxylation is 2. The highest BCUT2D eigenvalue weighted by Crippen LogP contribution is 2.12. The molecule has 0 spiro atoms. The summed E-state index contributed by atoms with van der Waals surface area (Å²) in [5.41, 5.74) is 4.49. The molecule has 4 nitrogen and oxygen atoms in total. The smallest absolute Gasteiger partial charge is 0.310 e. The molecule has 0 saturated carbocycles. The number of carbonyl (C=O) groups excluding carboxylic acids is 2. The van der Waals surface area contributed by atoms with E-state index in [1.807, 2.05) is 38.1 Å². The van der Waals surface area contributed by atoms with Crippen LogP contribution in [0, 0.1) is 0 Å². The topological polar surface area (TPSA) is 52.6 Å². The van der Waals surface area contributed by atoms with Crippen molar-refractivity contribution in [3.8, 4) is 0 Å². The molecule has 0 fully saturated rings. The Morgan fingerprint density at radius 2 is 0.963 bits per heavy atom. The molecular formula is C23H28O4. The van der Waals surface area contributed by atoms with Crippen LogP contribution in [0.3, 0.4) is 0 Å². The second-order valence-corrected chi connectivity index (χ2v) is 6.45. The number of ether oxygens (including phenoxy) is 2. The maximum atomic E-state index is 11.5. The van der Waals surface area contributed by atoms with Crippen molar-refractivity contribution in [1.29, 1.82) is 0 Å². The summed E-state index contributed by atoms with van der Waals surface area (Å²) in [5, 5.41) is 0. The largest absolute Gasteiger partial charge is 0.466 e. The van der Waals surface area contributed by atoms with E-state index in [1.54, 1.807) is 0 Å². The van der Waals surface area contributed by atoms with Crippen molar-refractivity contribution >= 4 is 11.9 Å². The number of hydrogen-bond acceptors (Lipinski definition) is 4. The monoisotopic (exact) mass is 368 g/mol. The molecule has 2 aromatic rings. The Hall–Kier alpha value is -2.62. The van der Waals surface area contributed by atoms with E-state index in [-0.39, 0.29) is 11.9 Å². The van der Waals surface area contributed by atoms with Crippen LogP contribution in [0.15, 0.2) is 48.5 Å². The second-order valence-electron chi connectivity index (χ2n) is 6.45. The molecule has 0 radical (unpaired) electrons. The molecule has 0 bridgehead atoms. The Labute approximate surface area is 161 Å². The van der Waals surface area contributed by atoms with Crippen LogP contribution in [0.2, 0.25) is 0 Å². The van der Waals surface area contributed by atoms with Crippen molar-refractivity contribution in [3.05, 3.63) is 70.8 Å². The van der Waals surface area contributed by atoms with Gasteiger partial charge in [-0.25, -0.2) is 0 Å². The first-order valence-electron chi connectivity index (χ1n) is 9.57. The number of hydrogen-bond donors (Lipinski definition) is 0. The minimum Gasteiger partial charge on any atom is -0.466 e. The Morgan fingerprint density at radius 3 is 1.30 bits per heavy atom. The van der Waals surface area contributed by atoms with Crippen molar-refractivity contribution in [2.24, 2.45) is 0 Å². The molecule has 2 aromatic carbocycles. The van der Waals surface area contributed by atoms with E-state index in [2.05, 4.69) is 24.3 Å². The van der Waals surface area contributed by atoms with Gasteiger partial charge in [0.1, 0.15) is 0 Å². The lowest BCUT2D eigenvalue weighted by atomic mass is 10.0.